The van der Waals surface area contributed by atoms with Crippen LogP contribution in [0.2, 0.25) is 0 Å². The minimum absolute atomic E-state index is 0. The van der Waals surface area contributed by atoms with Crippen molar-refractivity contribution >= 4 is 108 Å². The van der Waals surface area contributed by atoms with Crippen molar-refractivity contribution in [3.05, 3.63) is 35.9 Å². The molecule has 0 spiro atoms. The van der Waals surface area contributed by atoms with Crippen LogP contribution >= 0.6 is 0 Å². The molecule has 6 heterocycles. The van der Waals surface area contributed by atoms with Crippen LogP contribution in [0.5, 0.6) is 0 Å². The summed E-state index contributed by atoms with van der Waals surface area (Å²) in [5.41, 5.74) is 1.46. The Hall–Kier alpha value is 1.93. The van der Waals surface area contributed by atoms with Crippen molar-refractivity contribution in [1.29, 1.82) is 0 Å². The minimum atomic E-state index is -4.07. The zero-order valence-electron chi connectivity index (χ0n) is 26.8. The molecule has 47 heavy (non-hydrogen) atoms. The van der Waals surface area contributed by atoms with Gasteiger partial charge in [0.1, 0.15) is 6.54 Å². The Labute approximate surface area is 336 Å². The Balaban J connectivity index is -0.000000862. The van der Waals surface area contributed by atoms with Crippen molar-refractivity contribution < 1.29 is 59.3 Å². The second kappa shape index (κ2) is 25.8. The molecule has 7 rings (SSSR count). The van der Waals surface area contributed by atoms with Crippen molar-refractivity contribution in [2.45, 2.75) is 116 Å². The Morgan fingerprint density at radius 2 is 0.809 bits per heavy atom. The van der Waals surface area contributed by atoms with Crippen molar-refractivity contribution in [3.63, 3.8) is 0 Å². The molecule has 0 amide bonds. The van der Waals surface area contributed by atoms with Gasteiger partial charge in [-0.15, -0.1) is 0 Å². The Bertz CT molecular complexity index is 875. The monoisotopic (exact) mass is 758 g/mol. The van der Waals surface area contributed by atoms with Gasteiger partial charge in [-0.1, -0.05) is 127 Å². The first-order valence-corrected chi connectivity index (χ1v) is 22.5. The fraction of sp³-hybridized carbons (Fsp3) is 0.778. The molecule has 266 valence electrons. The fourth-order valence-corrected chi connectivity index (χ4v) is 17.7. The van der Waals surface area contributed by atoms with Gasteiger partial charge in [-0.2, -0.15) is 0 Å². The molecule has 6 saturated heterocycles. The Kier molecular flexibility index (Phi) is 29.3. The van der Waals surface area contributed by atoms with Crippen molar-refractivity contribution in [2.24, 2.45) is 0 Å². The molecule has 6 aliphatic heterocycles. The molecule has 0 aromatic heterocycles. The predicted octanol–water partition coefficient (Wildman–Crippen LogP) is 0.500. The van der Waals surface area contributed by atoms with Crippen LogP contribution < -0.4 is 0 Å². The third-order valence-corrected chi connectivity index (χ3v) is 20.0. The van der Waals surface area contributed by atoms with E-state index in [0.717, 1.165) is 11.0 Å². The number of hydrogen-bond acceptors (Lipinski definition) is 10. The number of quaternary nitrogens is 1. The second-order valence-corrected chi connectivity index (χ2v) is 21.4. The summed E-state index contributed by atoms with van der Waals surface area (Å²) >= 11 is 0. The van der Waals surface area contributed by atoms with Crippen LogP contribution in [0.1, 0.15) is 115 Å². The van der Waals surface area contributed by atoms with Crippen LogP contribution in [0, 0.1) is 0 Å². The summed E-state index contributed by atoms with van der Waals surface area (Å²) in [5, 5.41) is 0. The van der Waals surface area contributed by atoms with Gasteiger partial charge in [0.15, 0.2) is 0 Å². The molecular weight excluding hydrogens is 697 g/mol. The molecular formula is C27H62LiMgNNaO12Si4+. The molecule has 1 aromatic carbocycles. The van der Waals surface area contributed by atoms with E-state index < -0.39 is 36.2 Å². The molecule has 6 fully saturated rings. The normalized spacial score (nSPS) is 26.7. The number of nitrogens with zero attached hydrogens (tertiary/aromatic N) is 1. The zero-order valence-corrected chi connectivity index (χ0v) is 30.8. The molecule has 0 aliphatic carbocycles. The van der Waals surface area contributed by atoms with Gasteiger partial charge in [0.05, 0.1) is 20.6 Å². The SMILES string of the molecule is CCCCCCCCCCCCCCCCCC[N+](C)(C)Cc1ccccc1.O.O.O[Si]12O[Si](O)(O1)O[Si]1(O)O[Si](O)(O1)O2.[LiH].[MgH2].[NaH]. The fourth-order valence-electron chi connectivity index (χ4n) is 5.40. The summed E-state index contributed by atoms with van der Waals surface area (Å²) < 4.78 is 28.1. The predicted molar refractivity (Wildman–Crippen MR) is 195 cm³/mol. The zero-order chi connectivity index (χ0) is 30.6. The average Bonchev–Trinajstić information content (AvgIpc) is 2.86. The van der Waals surface area contributed by atoms with Crippen LogP contribution in [-0.2, 0) is 31.2 Å². The van der Waals surface area contributed by atoms with Crippen LogP contribution in [0.25, 0.3) is 0 Å². The standard InChI is InChI=1S/C27H50N.Li.Mg.Na.H4O10Si4.2H2O.4H/c1-4-5-6-7-8-9-10-11-12-13-14-15-16-17-18-22-25-28(2,3)26-27-23-20-19-21-24-27;;;;1-11-5-12(2,6-11)10-14(4)7-13(3,8-14)9-11;;;;;;/h19-21,23-24H,4-18,22,25-26H2,1-3H3;;;;1-4H;2*1H2;;;;/q+1;;;;;;;;;;. The first kappa shape index (κ1) is 53.3. The molecule has 8 N–H and O–H groups in total. The molecule has 0 radical (unpaired) electrons. The van der Waals surface area contributed by atoms with E-state index in [4.69, 9.17) is 0 Å². The van der Waals surface area contributed by atoms with Gasteiger partial charge in [0.2, 0.25) is 0 Å². The number of hydrogen-bond donors (Lipinski definition) is 4. The van der Waals surface area contributed by atoms with E-state index in [1.165, 1.54) is 115 Å². The first-order chi connectivity index (χ1) is 19.9. The van der Waals surface area contributed by atoms with Crippen molar-refractivity contribution in [1.82, 2.24) is 0 Å². The van der Waals surface area contributed by atoms with Gasteiger partial charge in [0.25, 0.3) is 0 Å². The topological polar surface area (TPSA) is 199 Å². The number of benzene rings is 1. The number of unbranched alkanes of at least 4 members (excludes halogenated alkanes) is 15. The molecule has 0 atom stereocenters. The van der Waals surface area contributed by atoms with Gasteiger partial charge >= 0.3 is 108 Å². The van der Waals surface area contributed by atoms with E-state index in [0.29, 0.717) is 0 Å². The molecule has 0 unspecified atom stereocenters. The average molecular weight is 759 g/mol. The number of rotatable bonds is 19. The van der Waals surface area contributed by atoms with Crippen molar-refractivity contribution in [3.8, 4) is 0 Å². The second-order valence-electron chi connectivity index (χ2n) is 12.3. The maximum absolute atomic E-state index is 9.27. The van der Waals surface area contributed by atoms with Gasteiger partial charge in [-0.25, -0.2) is 0 Å². The summed E-state index contributed by atoms with van der Waals surface area (Å²) in [6.07, 6.45) is 23.2. The summed E-state index contributed by atoms with van der Waals surface area (Å²) in [6.45, 7) is 4.75. The quantitative estimate of drug-likeness (QED) is 0.0876. The molecule has 13 nitrogen and oxygen atoms in total. The van der Waals surface area contributed by atoms with Gasteiger partial charge in [-0.3, -0.25) is 0 Å². The van der Waals surface area contributed by atoms with Crippen LogP contribution in [-0.4, -0.2) is 163 Å². The van der Waals surface area contributed by atoms with E-state index in [9.17, 15) is 19.2 Å². The first-order valence-electron chi connectivity index (χ1n) is 15.8. The van der Waals surface area contributed by atoms with Gasteiger partial charge in [-0.05, 0) is 12.8 Å². The van der Waals surface area contributed by atoms with E-state index in [1.807, 2.05) is 0 Å². The van der Waals surface area contributed by atoms with E-state index in [1.54, 1.807) is 0 Å². The Morgan fingerprint density at radius 1 is 0.532 bits per heavy atom. The van der Waals surface area contributed by atoms with E-state index in [-0.39, 0.29) is 82.4 Å². The van der Waals surface area contributed by atoms with Gasteiger partial charge < -0.3 is 59.3 Å². The third kappa shape index (κ3) is 20.7. The third-order valence-electron chi connectivity index (χ3n) is 7.62. The van der Waals surface area contributed by atoms with Crippen LogP contribution in [0.3, 0.4) is 0 Å². The van der Waals surface area contributed by atoms with Gasteiger partial charge in [0, 0.05) is 5.56 Å². The van der Waals surface area contributed by atoms with Crippen LogP contribution in [0.15, 0.2) is 30.3 Å². The van der Waals surface area contributed by atoms with Crippen LogP contribution in [0.4, 0.5) is 0 Å². The molecule has 20 heteroatoms. The van der Waals surface area contributed by atoms with Crippen molar-refractivity contribution in [2.75, 3.05) is 20.6 Å². The molecule has 4 bridgehead atoms. The van der Waals surface area contributed by atoms with E-state index in [2.05, 4.69) is 76.0 Å². The summed E-state index contributed by atoms with van der Waals surface area (Å²) in [6, 6.07) is 10.9. The molecule has 0 saturated carbocycles. The Morgan fingerprint density at radius 3 is 1.11 bits per heavy atom. The molecule has 6 aliphatic rings. The summed E-state index contributed by atoms with van der Waals surface area (Å²) in [7, 11) is -11.5. The van der Waals surface area contributed by atoms with E-state index >= 15 is 0 Å². The molecule has 1 aromatic rings. The summed E-state index contributed by atoms with van der Waals surface area (Å²) in [4.78, 5) is 37.1. The summed E-state index contributed by atoms with van der Waals surface area (Å²) in [5.74, 6) is 0. The maximum atomic E-state index is 9.27.